The number of nitrogens with zero attached hydrogens (tertiary/aromatic N) is 2. The third-order valence-electron chi connectivity index (χ3n) is 5.44. The van der Waals surface area contributed by atoms with Crippen molar-refractivity contribution in [3.63, 3.8) is 0 Å². The number of carbonyl (C=O) groups is 1. The van der Waals surface area contributed by atoms with Gasteiger partial charge in [-0.3, -0.25) is 15.0 Å². The number of piperidine rings is 1. The van der Waals surface area contributed by atoms with Gasteiger partial charge in [0.25, 0.3) is 11.5 Å². The van der Waals surface area contributed by atoms with Crippen LogP contribution in [-0.4, -0.2) is 30.6 Å². The summed E-state index contributed by atoms with van der Waals surface area (Å²) >= 11 is 0. The number of rotatable bonds is 5. The normalized spacial score (nSPS) is 14.0. The van der Waals surface area contributed by atoms with Crippen LogP contribution >= 0.6 is 0 Å². The molecule has 1 fully saturated rings. The van der Waals surface area contributed by atoms with Gasteiger partial charge in [0.15, 0.2) is 5.56 Å². The third kappa shape index (κ3) is 3.70. The second-order valence-corrected chi connectivity index (χ2v) is 7.34. The zero-order chi connectivity index (χ0) is 21.1. The first-order valence-electron chi connectivity index (χ1n) is 10.2. The van der Waals surface area contributed by atoms with Crippen LogP contribution in [0.25, 0.3) is 22.0 Å². The van der Waals surface area contributed by atoms with Crippen LogP contribution in [0.3, 0.4) is 0 Å². The Morgan fingerprint density at radius 1 is 1.13 bits per heavy atom. The molecule has 1 N–H and O–H groups in total. The van der Waals surface area contributed by atoms with Crippen molar-refractivity contribution in [1.82, 2.24) is 0 Å². The number of nitro benzene ring substituents is 1. The molecule has 30 heavy (non-hydrogen) atoms. The number of anilines is 1. The van der Waals surface area contributed by atoms with Gasteiger partial charge in [0, 0.05) is 23.1 Å². The van der Waals surface area contributed by atoms with Gasteiger partial charge in [-0.15, -0.1) is 0 Å². The van der Waals surface area contributed by atoms with Crippen LogP contribution in [0.5, 0.6) is 0 Å². The monoisotopic (exact) mass is 406 g/mol. The molecular formula is C23H24N3O4+. The summed E-state index contributed by atoms with van der Waals surface area (Å²) in [6.07, 6.45) is 3.26. The van der Waals surface area contributed by atoms with Crippen LogP contribution in [-0.2, 0) is 4.74 Å². The lowest BCUT2D eigenvalue weighted by molar-refractivity contribution is -0.385. The number of non-ortho nitro benzene ring substituents is 1. The second-order valence-electron chi connectivity index (χ2n) is 7.34. The van der Waals surface area contributed by atoms with Crippen molar-refractivity contribution >= 4 is 28.4 Å². The number of esters is 1. The molecule has 0 amide bonds. The molecule has 7 heteroatoms. The summed E-state index contributed by atoms with van der Waals surface area (Å²) in [5.41, 5.74) is 2.63. The number of benzene rings is 2. The number of nitrogens with one attached hydrogen (secondary N) is 1. The Bertz CT molecular complexity index is 1090. The van der Waals surface area contributed by atoms with Crippen molar-refractivity contribution in [2.75, 3.05) is 24.6 Å². The van der Waals surface area contributed by atoms with E-state index < -0.39 is 10.9 Å². The highest BCUT2D eigenvalue weighted by Gasteiger charge is 2.32. The zero-order valence-electron chi connectivity index (χ0n) is 16.9. The first-order chi connectivity index (χ1) is 14.6. The van der Waals surface area contributed by atoms with E-state index in [0.717, 1.165) is 43.4 Å². The van der Waals surface area contributed by atoms with E-state index in [1.807, 2.05) is 30.3 Å². The van der Waals surface area contributed by atoms with Gasteiger partial charge in [-0.2, -0.15) is 0 Å². The highest BCUT2D eigenvalue weighted by atomic mass is 16.6. The van der Waals surface area contributed by atoms with Gasteiger partial charge in [0.1, 0.15) is 5.52 Å². The molecule has 0 unspecified atom stereocenters. The SMILES string of the molecule is CCOC(=O)c1c(N2CCCCC2)[nH+]c2ccc([N+](=O)[O-])cc2c1-c1ccccc1. The molecule has 0 aliphatic carbocycles. The largest absolute Gasteiger partial charge is 0.462 e. The fourth-order valence-corrected chi connectivity index (χ4v) is 4.07. The molecule has 0 spiro atoms. The van der Waals surface area contributed by atoms with Crippen molar-refractivity contribution in [2.45, 2.75) is 26.2 Å². The van der Waals surface area contributed by atoms with Crippen LogP contribution < -0.4 is 9.88 Å². The number of fused-ring (bicyclic) bond motifs is 1. The van der Waals surface area contributed by atoms with Gasteiger partial charge in [-0.05, 0) is 37.8 Å². The van der Waals surface area contributed by atoms with Gasteiger partial charge < -0.3 is 4.74 Å². The molecule has 0 bridgehead atoms. The summed E-state index contributed by atoms with van der Waals surface area (Å²) in [5, 5.41) is 12.0. The molecular weight excluding hydrogens is 382 g/mol. The van der Waals surface area contributed by atoms with Crippen molar-refractivity contribution in [2.24, 2.45) is 0 Å². The molecule has 3 aromatic rings. The maximum atomic E-state index is 13.2. The molecule has 2 heterocycles. The smallest absolute Gasteiger partial charge is 0.347 e. The van der Waals surface area contributed by atoms with E-state index >= 15 is 0 Å². The van der Waals surface area contributed by atoms with E-state index in [-0.39, 0.29) is 12.3 Å². The summed E-state index contributed by atoms with van der Waals surface area (Å²) in [7, 11) is 0. The Morgan fingerprint density at radius 3 is 2.53 bits per heavy atom. The summed E-state index contributed by atoms with van der Waals surface area (Å²) in [6.45, 7) is 3.71. The molecule has 0 atom stereocenters. The van der Waals surface area contributed by atoms with E-state index in [2.05, 4.69) is 9.88 Å². The summed E-state index contributed by atoms with van der Waals surface area (Å²) in [6, 6.07) is 14.2. The molecule has 7 nitrogen and oxygen atoms in total. The Kier molecular flexibility index (Phi) is 5.61. The van der Waals surface area contributed by atoms with Crippen molar-refractivity contribution < 1.29 is 19.4 Å². The van der Waals surface area contributed by atoms with Gasteiger partial charge in [-0.1, -0.05) is 30.3 Å². The Balaban J connectivity index is 2.08. The average molecular weight is 406 g/mol. The number of carbonyl (C=O) groups excluding carboxylic acids is 1. The lowest BCUT2D eigenvalue weighted by Gasteiger charge is -2.24. The molecule has 4 rings (SSSR count). The topological polar surface area (TPSA) is 86.8 Å². The quantitative estimate of drug-likeness (QED) is 0.356. The molecule has 0 radical (unpaired) electrons. The van der Waals surface area contributed by atoms with Crippen LogP contribution in [0.1, 0.15) is 36.5 Å². The molecule has 1 aliphatic rings. The minimum atomic E-state index is -0.429. The fraction of sp³-hybridized carbons (Fsp3) is 0.304. The zero-order valence-corrected chi connectivity index (χ0v) is 16.9. The first-order valence-corrected chi connectivity index (χ1v) is 10.2. The predicted octanol–water partition coefficient (Wildman–Crippen LogP) is 4.40. The molecule has 1 aliphatic heterocycles. The van der Waals surface area contributed by atoms with Crippen LogP contribution in [0.4, 0.5) is 11.5 Å². The van der Waals surface area contributed by atoms with Crippen molar-refractivity contribution in [1.29, 1.82) is 0 Å². The number of hydrogen-bond donors (Lipinski definition) is 0. The fourth-order valence-electron chi connectivity index (χ4n) is 4.07. The highest BCUT2D eigenvalue weighted by molar-refractivity contribution is 6.09. The number of hydrogen-bond acceptors (Lipinski definition) is 5. The van der Waals surface area contributed by atoms with Crippen LogP contribution in [0.2, 0.25) is 0 Å². The van der Waals surface area contributed by atoms with Gasteiger partial charge in [0.2, 0.25) is 0 Å². The highest BCUT2D eigenvalue weighted by Crippen LogP contribution is 2.37. The van der Waals surface area contributed by atoms with Gasteiger partial charge in [-0.25, -0.2) is 9.78 Å². The summed E-state index contributed by atoms with van der Waals surface area (Å²) in [5.74, 6) is 0.287. The maximum Gasteiger partial charge on any atom is 0.347 e. The maximum absolute atomic E-state index is 13.2. The Hall–Kier alpha value is -3.48. The number of aromatic nitrogens is 1. The minimum absolute atomic E-state index is 0.0198. The summed E-state index contributed by atoms with van der Waals surface area (Å²) < 4.78 is 5.43. The van der Waals surface area contributed by atoms with Crippen LogP contribution in [0, 0.1) is 10.1 Å². The average Bonchev–Trinajstić information content (AvgIpc) is 2.78. The van der Waals surface area contributed by atoms with E-state index in [1.54, 1.807) is 13.0 Å². The number of pyridine rings is 1. The number of ether oxygens (including phenoxy) is 1. The Morgan fingerprint density at radius 2 is 1.87 bits per heavy atom. The molecule has 0 saturated carbocycles. The third-order valence-corrected chi connectivity index (χ3v) is 5.44. The van der Waals surface area contributed by atoms with Gasteiger partial charge in [0.05, 0.1) is 24.6 Å². The van der Waals surface area contributed by atoms with E-state index in [9.17, 15) is 14.9 Å². The lowest BCUT2D eigenvalue weighted by atomic mass is 9.94. The molecule has 1 aromatic heterocycles. The lowest BCUT2D eigenvalue weighted by Crippen LogP contribution is -2.36. The number of H-pyrrole nitrogens is 1. The van der Waals surface area contributed by atoms with E-state index in [0.29, 0.717) is 22.3 Å². The van der Waals surface area contributed by atoms with E-state index in [4.69, 9.17) is 4.74 Å². The van der Waals surface area contributed by atoms with Gasteiger partial charge >= 0.3 is 5.97 Å². The minimum Gasteiger partial charge on any atom is -0.462 e. The molecule has 154 valence electrons. The Labute approximate surface area is 174 Å². The molecule has 1 saturated heterocycles. The van der Waals surface area contributed by atoms with Crippen molar-refractivity contribution in [3.05, 3.63) is 64.2 Å². The molecule has 2 aromatic carbocycles. The van der Waals surface area contributed by atoms with Crippen molar-refractivity contribution in [3.8, 4) is 11.1 Å². The first kappa shape index (κ1) is 19.8. The standard InChI is InChI=1S/C23H23N3O4/c1-2-30-23(27)21-20(16-9-5-3-6-10-16)18-15-17(26(28)29)11-12-19(18)24-22(21)25-13-7-4-8-14-25/h3,5-6,9-12,15H,2,4,7-8,13-14H2,1H3/p+1. The predicted molar refractivity (Wildman–Crippen MR) is 115 cm³/mol. The van der Waals surface area contributed by atoms with Crippen LogP contribution in [0.15, 0.2) is 48.5 Å². The van der Waals surface area contributed by atoms with E-state index in [1.165, 1.54) is 12.1 Å². The number of nitro groups is 1. The summed E-state index contributed by atoms with van der Waals surface area (Å²) in [4.78, 5) is 29.7. The second kappa shape index (κ2) is 8.49. The number of aromatic amines is 1.